The number of anilines is 2. The fourth-order valence-corrected chi connectivity index (χ4v) is 7.29. The van der Waals surface area contributed by atoms with Gasteiger partial charge in [-0.15, -0.1) is 11.3 Å². The predicted molar refractivity (Wildman–Crippen MR) is 162 cm³/mol. The number of hydrogen-bond acceptors (Lipinski definition) is 9. The number of aromatic nitrogens is 2. The fraction of sp³-hybridized carbons (Fsp3) is 0.452. The molecule has 2 aliphatic carbocycles. The van der Waals surface area contributed by atoms with Gasteiger partial charge in [0.15, 0.2) is 5.82 Å². The lowest BCUT2D eigenvalue weighted by Crippen LogP contribution is -2.45. The number of fused-ring (bicyclic) bond motifs is 2. The molecule has 3 aliphatic rings. The summed E-state index contributed by atoms with van der Waals surface area (Å²) < 4.78 is 79.0. The highest BCUT2D eigenvalue weighted by atomic mass is 32.1. The topological polar surface area (TPSA) is 112 Å². The summed E-state index contributed by atoms with van der Waals surface area (Å²) in [5, 5.41) is 18.7. The van der Waals surface area contributed by atoms with E-state index in [1.807, 2.05) is 0 Å². The first-order chi connectivity index (χ1) is 21.3. The first-order valence-electron chi connectivity index (χ1n) is 14.4. The highest BCUT2D eigenvalue weighted by Gasteiger charge is 2.46. The van der Waals surface area contributed by atoms with E-state index in [9.17, 15) is 27.9 Å². The molecule has 2 aromatic carbocycles. The number of aliphatic hydroxyl groups excluding tert-OH is 1. The van der Waals surface area contributed by atoms with E-state index in [0.717, 1.165) is 23.6 Å². The normalized spacial score (nSPS) is 20.5. The van der Waals surface area contributed by atoms with Gasteiger partial charge >= 0.3 is 12.2 Å². The standard InChI is InChI=1S/C24H18F5N5O2S.C7H13N/c1-34(9-5-10(35)6-9)22-12-7-14(24(27,28)29)17(18(26)19(12)32-23(33-22)36-2)11-3-4-15(25)20-16(11)13(8-30)21(31)37-20;1-8-5-4-7(6-8)2-3-7/h3-4,7,9-10,35H,5-6,31H2,1-2H3;2-6H2,1H3. The number of rotatable bonds is 4. The Morgan fingerprint density at radius 2 is 1.91 bits per heavy atom. The maximum absolute atomic E-state index is 16.2. The van der Waals surface area contributed by atoms with Gasteiger partial charge in [-0.2, -0.15) is 28.4 Å². The molecule has 0 atom stereocenters. The van der Waals surface area contributed by atoms with Crippen LogP contribution in [0.3, 0.4) is 0 Å². The zero-order valence-electron chi connectivity index (χ0n) is 24.8. The van der Waals surface area contributed by atoms with Crippen molar-refractivity contribution in [3.05, 3.63) is 41.0 Å². The lowest BCUT2D eigenvalue weighted by atomic mass is 9.88. The second-order valence-electron chi connectivity index (χ2n) is 12.2. The monoisotopic (exact) mass is 646 g/mol. The molecule has 0 unspecified atom stereocenters. The van der Waals surface area contributed by atoms with E-state index in [0.29, 0.717) is 24.2 Å². The van der Waals surface area contributed by atoms with E-state index in [-0.39, 0.29) is 49.5 Å². The van der Waals surface area contributed by atoms with Crippen LogP contribution in [-0.2, 0) is 6.18 Å². The smallest absolute Gasteiger partial charge is 0.417 e. The molecule has 2 aromatic heterocycles. The van der Waals surface area contributed by atoms with Gasteiger partial charge < -0.3 is 25.4 Å². The van der Waals surface area contributed by atoms with Gasteiger partial charge in [-0.25, -0.2) is 8.78 Å². The number of benzene rings is 2. The second-order valence-corrected chi connectivity index (χ2v) is 13.2. The van der Waals surface area contributed by atoms with Crippen LogP contribution in [0.4, 0.5) is 32.8 Å². The number of nitrogens with two attached hydrogens (primary N) is 1. The van der Waals surface area contributed by atoms with Gasteiger partial charge in [-0.3, -0.25) is 0 Å². The number of ether oxygens (including phenoxy) is 1. The molecule has 45 heavy (non-hydrogen) atoms. The minimum absolute atomic E-state index is 0.00329. The van der Waals surface area contributed by atoms with Crippen LogP contribution in [0.2, 0.25) is 0 Å². The summed E-state index contributed by atoms with van der Waals surface area (Å²) in [6.07, 6.45) is -0.368. The zero-order chi connectivity index (χ0) is 32.4. The maximum Gasteiger partial charge on any atom is 0.417 e. The average molecular weight is 647 g/mol. The molecule has 7 rings (SSSR count). The summed E-state index contributed by atoms with van der Waals surface area (Å²) >= 11 is 0.690. The molecule has 0 radical (unpaired) electrons. The van der Waals surface area contributed by atoms with Gasteiger partial charge in [-0.1, -0.05) is 6.07 Å². The van der Waals surface area contributed by atoms with E-state index in [2.05, 4.69) is 21.9 Å². The number of alkyl halides is 3. The zero-order valence-corrected chi connectivity index (χ0v) is 25.6. The van der Waals surface area contributed by atoms with E-state index in [1.165, 1.54) is 39.5 Å². The molecule has 3 heterocycles. The van der Waals surface area contributed by atoms with Crippen LogP contribution in [0, 0.1) is 28.4 Å². The Labute approximate surface area is 259 Å². The summed E-state index contributed by atoms with van der Waals surface area (Å²) in [6, 6.07) is 3.90. The Hall–Kier alpha value is -3.80. The number of thiophene rings is 1. The van der Waals surface area contributed by atoms with Crippen molar-refractivity contribution in [3.63, 3.8) is 0 Å². The largest absolute Gasteiger partial charge is 0.467 e. The lowest BCUT2D eigenvalue weighted by Gasteiger charge is -2.39. The average Bonchev–Trinajstić information content (AvgIpc) is 3.50. The number of halogens is 5. The van der Waals surface area contributed by atoms with Crippen molar-refractivity contribution >= 4 is 43.1 Å². The summed E-state index contributed by atoms with van der Waals surface area (Å²) in [7, 11) is 5.04. The van der Waals surface area contributed by atoms with Gasteiger partial charge in [0.25, 0.3) is 0 Å². The highest BCUT2D eigenvalue weighted by Crippen LogP contribution is 2.52. The third-order valence-electron chi connectivity index (χ3n) is 9.13. The summed E-state index contributed by atoms with van der Waals surface area (Å²) in [5.74, 6) is -2.14. The molecular weight excluding hydrogens is 615 g/mol. The molecule has 4 aromatic rings. The number of aliphatic hydroxyl groups is 1. The van der Waals surface area contributed by atoms with Crippen LogP contribution in [0.1, 0.15) is 43.2 Å². The van der Waals surface area contributed by atoms with Crippen LogP contribution in [-0.4, -0.2) is 66.4 Å². The highest BCUT2D eigenvalue weighted by molar-refractivity contribution is 7.23. The number of nitrogens with zero attached hydrogens (tertiary/aromatic N) is 5. The lowest BCUT2D eigenvalue weighted by molar-refractivity contribution is -0.137. The van der Waals surface area contributed by atoms with Crippen LogP contribution in [0.25, 0.3) is 32.1 Å². The Morgan fingerprint density at radius 3 is 2.44 bits per heavy atom. The molecule has 3 N–H and O–H groups in total. The van der Waals surface area contributed by atoms with Crippen molar-refractivity contribution in [3.8, 4) is 23.2 Å². The molecule has 238 valence electrons. The third kappa shape index (κ3) is 5.51. The number of methoxy groups -OCH3 is 1. The first kappa shape index (κ1) is 31.2. The van der Waals surface area contributed by atoms with Crippen molar-refractivity contribution in [2.75, 3.05) is 44.9 Å². The van der Waals surface area contributed by atoms with E-state index in [4.69, 9.17) is 10.5 Å². The number of likely N-dealkylation sites (tertiary alicyclic amines) is 1. The van der Waals surface area contributed by atoms with Crippen LogP contribution >= 0.6 is 11.3 Å². The molecule has 1 aliphatic heterocycles. The molecule has 8 nitrogen and oxygen atoms in total. The molecule has 1 saturated heterocycles. The molecule has 2 saturated carbocycles. The Morgan fingerprint density at radius 1 is 1.20 bits per heavy atom. The van der Waals surface area contributed by atoms with E-state index in [1.54, 1.807) is 18.0 Å². The van der Waals surface area contributed by atoms with Gasteiger partial charge in [-0.05, 0) is 68.8 Å². The summed E-state index contributed by atoms with van der Waals surface area (Å²) in [6.45, 7) is 2.73. The van der Waals surface area contributed by atoms with Gasteiger partial charge in [0, 0.05) is 36.0 Å². The van der Waals surface area contributed by atoms with Gasteiger partial charge in [0.1, 0.15) is 28.2 Å². The van der Waals surface area contributed by atoms with Crippen molar-refractivity contribution in [2.24, 2.45) is 5.41 Å². The minimum atomic E-state index is -5.04. The fourth-order valence-electron chi connectivity index (χ4n) is 6.34. The van der Waals surface area contributed by atoms with Crippen molar-refractivity contribution in [1.29, 1.82) is 5.26 Å². The molecular formula is C31H31F5N6O2S. The van der Waals surface area contributed by atoms with Crippen molar-refractivity contribution in [2.45, 2.75) is 50.4 Å². The second kappa shape index (κ2) is 11.2. The Kier molecular flexibility index (Phi) is 7.78. The van der Waals surface area contributed by atoms with E-state index < -0.39 is 40.6 Å². The molecule has 3 fully saturated rings. The molecule has 1 spiro atoms. The Balaban J connectivity index is 0.000000383. The number of nitriles is 1. The van der Waals surface area contributed by atoms with Crippen LogP contribution in [0.5, 0.6) is 6.01 Å². The molecule has 0 amide bonds. The molecule has 0 bridgehead atoms. The van der Waals surface area contributed by atoms with E-state index >= 15 is 4.39 Å². The minimum Gasteiger partial charge on any atom is -0.467 e. The van der Waals surface area contributed by atoms with Crippen LogP contribution in [0.15, 0.2) is 18.2 Å². The quantitative estimate of drug-likeness (QED) is 0.248. The van der Waals surface area contributed by atoms with Gasteiger partial charge in [0.05, 0.1) is 29.0 Å². The van der Waals surface area contributed by atoms with Crippen molar-refractivity contribution in [1.82, 2.24) is 14.9 Å². The maximum atomic E-state index is 16.2. The SMILES string of the molecule is CN1CCC2(CC2)C1.COc1nc(N(C)C2CC(O)C2)c2cc(C(F)(F)F)c(-c3ccc(F)c4sc(N)c(C#N)c34)c(F)c2n1. The summed E-state index contributed by atoms with van der Waals surface area (Å²) in [4.78, 5) is 12.2. The van der Waals surface area contributed by atoms with Gasteiger partial charge in [0.2, 0.25) is 0 Å². The van der Waals surface area contributed by atoms with Crippen LogP contribution < -0.4 is 15.4 Å². The first-order valence-corrected chi connectivity index (χ1v) is 15.2. The summed E-state index contributed by atoms with van der Waals surface area (Å²) in [5.41, 5.74) is 3.39. The molecule has 14 heteroatoms. The number of nitrogen functional groups attached to an aromatic ring is 1. The predicted octanol–water partition coefficient (Wildman–Crippen LogP) is 6.33. The Bertz CT molecular complexity index is 1850. The van der Waals surface area contributed by atoms with Crippen molar-refractivity contribution < 1.29 is 31.8 Å². The third-order valence-corrected chi connectivity index (χ3v) is 10.2. The number of hydrogen-bond donors (Lipinski definition) is 2.